The third kappa shape index (κ3) is 2.74. The fraction of sp³-hybridized carbons (Fsp3) is 0.533. The molecular weight excluding hydrogens is 251 g/mol. The van der Waals surface area contributed by atoms with Crippen LogP contribution in [0.4, 0.5) is 4.39 Å². The first-order valence-electron chi connectivity index (χ1n) is 6.37. The third-order valence-corrected chi connectivity index (χ3v) is 4.25. The van der Waals surface area contributed by atoms with E-state index in [1.165, 1.54) is 12.1 Å². The van der Waals surface area contributed by atoms with Crippen molar-refractivity contribution in [2.24, 2.45) is 11.3 Å². The molecule has 1 aromatic carbocycles. The van der Waals surface area contributed by atoms with E-state index >= 15 is 0 Å². The first-order valence-corrected chi connectivity index (χ1v) is 6.74. The van der Waals surface area contributed by atoms with Gasteiger partial charge in [-0.3, -0.25) is 4.79 Å². The third-order valence-electron chi connectivity index (χ3n) is 4.02. The van der Waals surface area contributed by atoms with E-state index in [4.69, 9.17) is 11.6 Å². The molecule has 0 radical (unpaired) electrons. The van der Waals surface area contributed by atoms with Gasteiger partial charge in [-0.15, -0.1) is 0 Å². The maximum atomic E-state index is 13.6. The van der Waals surface area contributed by atoms with E-state index in [2.05, 4.69) is 13.8 Å². The molecule has 0 saturated heterocycles. The molecule has 18 heavy (non-hydrogen) atoms. The zero-order chi connectivity index (χ0) is 13.3. The van der Waals surface area contributed by atoms with Crippen molar-refractivity contribution in [1.82, 2.24) is 0 Å². The van der Waals surface area contributed by atoms with Gasteiger partial charge in [0, 0.05) is 17.4 Å². The second-order valence-electron chi connectivity index (χ2n) is 5.81. The van der Waals surface area contributed by atoms with Gasteiger partial charge in [0.1, 0.15) is 11.6 Å². The summed E-state index contributed by atoms with van der Waals surface area (Å²) in [6.45, 7) is 4.24. The Balaban J connectivity index is 2.14. The van der Waals surface area contributed by atoms with Gasteiger partial charge >= 0.3 is 0 Å². The highest BCUT2D eigenvalue weighted by Crippen LogP contribution is 2.43. The second kappa shape index (κ2) is 5.00. The molecule has 0 aromatic heterocycles. The minimum atomic E-state index is -0.344. The predicted molar refractivity (Wildman–Crippen MR) is 71.2 cm³/mol. The van der Waals surface area contributed by atoms with Crippen LogP contribution in [-0.4, -0.2) is 5.78 Å². The van der Waals surface area contributed by atoms with Crippen LogP contribution in [0.2, 0.25) is 5.02 Å². The van der Waals surface area contributed by atoms with E-state index in [0.29, 0.717) is 10.6 Å². The van der Waals surface area contributed by atoms with Gasteiger partial charge < -0.3 is 0 Å². The number of Topliss-reactive ketones (excluding diaryl/α,β-unsaturated/α-hetero) is 1. The van der Waals surface area contributed by atoms with Crippen LogP contribution >= 0.6 is 11.6 Å². The van der Waals surface area contributed by atoms with E-state index in [-0.39, 0.29) is 29.4 Å². The lowest BCUT2D eigenvalue weighted by Crippen LogP contribution is -2.27. The van der Waals surface area contributed by atoms with E-state index in [9.17, 15) is 9.18 Å². The zero-order valence-electron chi connectivity index (χ0n) is 10.8. The number of carbonyl (C=O) groups excluding carboxylic acids is 1. The van der Waals surface area contributed by atoms with Crippen molar-refractivity contribution >= 4 is 17.4 Å². The molecule has 1 aliphatic rings. The van der Waals surface area contributed by atoms with Crippen LogP contribution in [0, 0.1) is 17.2 Å². The van der Waals surface area contributed by atoms with E-state index in [1.54, 1.807) is 6.07 Å². The molecular formula is C15H18ClFO. The van der Waals surface area contributed by atoms with E-state index in [0.717, 1.165) is 19.3 Å². The molecule has 1 atom stereocenters. The number of hydrogen-bond donors (Lipinski definition) is 0. The van der Waals surface area contributed by atoms with Crippen molar-refractivity contribution in [2.75, 3.05) is 0 Å². The number of rotatable bonds is 3. The van der Waals surface area contributed by atoms with Gasteiger partial charge in [-0.1, -0.05) is 31.9 Å². The van der Waals surface area contributed by atoms with Crippen LogP contribution in [0.15, 0.2) is 18.2 Å². The van der Waals surface area contributed by atoms with E-state index < -0.39 is 0 Å². The number of benzene rings is 1. The van der Waals surface area contributed by atoms with Crippen molar-refractivity contribution in [2.45, 2.75) is 39.5 Å². The first kappa shape index (κ1) is 13.5. The zero-order valence-corrected chi connectivity index (χ0v) is 11.6. The second-order valence-corrected chi connectivity index (χ2v) is 6.25. The largest absolute Gasteiger partial charge is 0.299 e. The molecule has 1 fully saturated rings. The molecule has 0 spiro atoms. The van der Waals surface area contributed by atoms with Crippen LogP contribution in [0.3, 0.4) is 0 Å². The minimum absolute atomic E-state index is 0.0478. The van der Waals surface area contributed by atoms with Crippen LogP contribution in [-0.2, 0) is 11.2 Å². The van der Waals surface area contributed by atoms with Gasteiger partial charge in [0.2, 0.25) is 0 Å². The van der Waals surface area contributed by atoms with Crippen molar-refractivity contribution in [3.63, 3.8) is 0 Å². The van der Waals surface area contributed by atoms with Gasteiger partial charge in [0.15, 0.2) is 0 Å². The Kier molecular flexibility index (Phi) is 3.76. The van der Waals surface area contributed by atoms with Crippen LogP contribution in [0.25, 0.3) is 0 Å². The maximum Gasteiger partial charge on any atom is 0.140 e. The summed E-state index contributed by atoms with van der Waals surface area (Å²) in [7, 11) is 0. The Morgan fingerprint density at radius 1 is 1.50 bits per heavy atom. The fourth-order valence-corrected chi connectivity index (χ4v) is 3.11. The molecule has 0 heterocycles. The van der Waals surface area contributed by atoms with Crippen molar-refractivity contribution in [3.8, 4) is 0 Å². The van der Waals surface area contributed by atoms with Crippen LogP contribution < -0.4 is 0 Å². The van der Waals surface area contributed by atoms with Crippen molar-refractivity contribution in [3.05, 3.63) is 34.6 Å². The number of ketones is 1. The highest BCUT2D eigenvalue weighted by Gasteiger charge is 2.38. The highest BCUT2D eigenvalue weighted by molar-refractivity contribution is 6.30. The fourth-order valence-electron chi connectivity index (χ4n) is 2.91. The monoisotopic (exact) mass is 268 g/mol. The Bertz CT molecular complexity index is 468. The Morgan fingerprint density at radius 2 is 2.22 bits per heavy atom. The standard InChI is InChI=1S/C15H18ClFO/c1-15(2)7-3-4-12(15)14(18)9-10-8-11(16)5-6-13(10)17/h5-6,8,12H,3-4,7,9H2,1-2H3. The van der Waals surface area contributed by atoms with Crippen LogP contribution in [0.1, 0.15) is 38.7 Å². The highest BCUT2D eigenvalue weighted by atomic mass is 35.5. The van der Waals surface area contributed by atoms with Gasteiger partial charge in [-0.25, -0.2) is 4.39 Å². The molecule has 3 heteroatoms. The Labute approximate surface area is 112 Å². The molecule has 1 nitrogen and oxygen atoms in total. The van der Waals surface area contributed by atoms with Gasteiger partial charge in [0.25, 0.3) is 0 Å². The lowest BCUT2D eigenvalue weighted by atomic mass is 9.78. The lowest BCUT2D eigenvalue weighted by Gasteiger charge is -2.25. The Hall–Kier alpha value is -0.890. The molecule has 0 bridgehead atoms. The molecule has 0 amide bonds. The molecule has 2 rings (SSSR count). The predicted octanol–water partition coefficient (Wildman–Crippen LogP) is 4.42. The van der Waals surface area contributed by atoms with Gasteiger partial charge in [-0.2, -0.15) is 0 Å². The first-order chi connectivity index (χ1) is 8.40. The summed E-state index contributed by atoms with van der Waals surface area (Å²) in [6.07, 6.45) is 3.23. The van der Waals surface area contributed by atoms with Crippen molar-refractivity contribution < 1.29 is 9.18 Å². The average Bonchev–Trinajstić information content (AvgIpc) is 2.63. The molecule has 1 aliphatic carbocycles. The van der Waals surface area contributed by atoms with Gasteiger partial charge in [0.05, 0.1) is 0 Å². The topological polar surface area (TPSA) is 17.1 Å². The van der Waals surface area contributed by atoms with Crippen LogP contribution in [0.5, 0.6) is 0 Å². The SMILES string of the molecule is CC1(C)CCCC1C(=O)Cc1cc(Cl)ccc1F. The van der Waals surface area contributed by atoms with Crippen molar-refractivity contribution in [1.29, 1.82) is 0 Å². The Morgan fingerprint density at radius 3 is 2.83 bits per heavy atom. The number of halogens is 2. The summed E-state index contributed by atoms with van der Waals surface area (Å²) in [4.78, 5) is 12.3. The summed E-state index contributed by atoms with van der Waals surface area (Å²) >= 11 is 5.84. The summed E-state index contributed by atoms with van der Waals surface area (Å²) < 4.78 is 13.6. The quantitative estimate of drug-likeness (QED) is 0.793. The number of hydrogen-bond acceptors (Lipinski definition) is 1. The maximum absolute atomic E-state index is 13.6. The molecule has 1 aromatic rings. The van der Waals surface area contributed by atoms with E-state index in [1.807, 2.05) is 0 Å². The number of carbonyl (C=O) groups is 1. The molecule has 1 unspecified atom stereocenters. The summed E-state index contributed by atoms with van der Waals surface area (Å²) in [5.74, 6) is -0.155. The molecule has 98 valence electrons. The summed E-state index contributed by atoms with van der Waals surface area (Å²) in [5.41, 5.74) is 0.460. The average molecular weight is 269 g/mol. The lowest BCUT2D eigenvalue weighted by molar-refractivity contribution is -0.124. The van der Waals surface area contributed by atoms with Gasteiger partial charge in [-0.05, 0) is 42.0 Å². The minimum Gasteiger partial charge on any atom is -0.299 e. The molecule has 0 N–H and O–H groups in total. The summed E-state index contributed by atoms with van der Waals surface area (Å²) in [5, 5.41) is 0.477. The molecule has 1 saturated carbocycles. The normalized spacial score (nSPS) is 22.1. The summed E-state index contributed by atoms with van der Waals surface area (Å²) in [6, 6.07) is 4.38. The molecule has 0 aliphatic heterocycles. The smallest absolute Gasteiger partial charge is 0.140 e.